The molecule has 0 spiro atoms. The Hall–Kier alpha value is -0.540. The van der Waals surface area contributed by atoms with Crippen molar-refractivity contribution in [3.8, 4) is 0 Å². The van der Waals surface area contributed by atoms with Crippen LogP contribution in [-0.2, 0) is 0 Å². The average Bonchev–Trinajstić information content (AvgIpc) is 2.29. The van der Waals surface area contributed by atoms with Crippen LogP contribution in [0.2, 0.25) is 0 Å². The Balaban J connectivity index is 2.55. The smallest absolute Gasteiger partial charge is 0.123 e. The van der Waals surface area contributed by atoms with Crippen LogP contribution in [0.1, 0.15) is 32.4 Å². The summed E-state index contributed by atoms with van der Waals surface area (Å²) in [5.74, 6) is 2.76. The number of thioether (sulfide) groups is 1. The lowest BCUT2D eigenvalue weighted by atomic mass is 10.1. The summed E-state index contributed by atoms with van der Waals surface area (Å²) >= 11 is 1.95. The van der Waals surface area contributed by atoms with E-state index in [9.17, 15) is 4.39 Å². The first-order chi connectivity index (χ1) is 8.13. The van der Waals surface area contributed by atoms with Crippen molar-refractivity contribution in [2.45, 2.75) is 26.8 Å². The summed E-state index contributed by atoms with van der Waals surface area (Å²) in [4.78, 5) is 0. The third kappa shape index (κ3) is 5.55. The zero-order valence-corrected chi connectivity index (χ0v) is 11.7. The molecule has 0 aliphatic rings. The highest BCUT2D eigenvalue weighted by Crippen LogP contribution is 2.20. The molecule has 1 nitrogen and oxygen atoms in total. The molecule has 0 bridgehead atoms. The van der Waals surface area contributed by atoms with Crippen LogP contribution in [0.25, 0.3) is 0 Å². The highest BCUT2D eigenvalue weighted by Gasteiger charge is 2.10. The Morgan fingerprint density at radius 1 is 1.18 bits per heavy atom. The van der Waals surface area contributed by atoms with Gasteiger partial charge in [-0.1, -0.05) is 32.9 Å². The predicted octanol–water partition coefficient (Wildman–Crippen LogP) is 3.87. The van der Waals surface area contributed by atoms with Crippen LogP contribution in [0.15, 0.2) is 24.3 Å². The fraction of sp³-hybridized carbons (Fsp3) is 0.571. The first kappa shape index (κ1) is 14.5. The molecule has 96 valence electrons. The minimum Gasteiger partial charge on any atom is -0.310 e. The van der Waals surface area contributed by atoms with Crippen molar-refractivity contribution in [1.29, 1.82) is 0 Å². The van der Waals surface area contributed by atoms with Gasteiger partial charge in [-0.25, -0.2) is 4.39 Å². The van der Waals surface area contributed by atoms with Crippen LogP contribution in [-0.4, -0.2) is 18.1 Å². The van der Waals surface area contributed by atoms with Crippen molar-refractivity contribution in [1.82, 2.24) is 5.32 Å². The molecule has 1 rings (SSSR count). The van der Waals surface area contributed by atoms with E-state index in [1.807, 2.05) is 23.9 Å². The second kappa shape index (κ2) is 7.72. The largest absolute Gasteiger partial charge is 0.310 e. The molecule has 3 heteroatoms. The first-order valence-corrected chi connectivity index (χ1v) is 7.35. The third-order valence-corrected chi connectivity index (χ3v) is 3.93. The molecule has 0 fully saturated rings. The molecule has 17 heavy (non-hydrogen) atoms. The quantitative estimate of drug-likeness (QED) is 0.794. The van der Waals surface area contributed by atoms with Crippen LogP contribution in [0.3, 0.4) is 0 Å². The summed E-state index contributed by atoms with van der Waals surface area (Å²) in [5.41, 5.74) is 1.17. The van der Waals surface area contributed by atoms with Gasteiger partial charge < -0.3 is 5.32 Å². The topological polar surface area (TPSA) is 12.0 Å². The predicted molar refractivity (Wildman–Crippen MR) is 75.0 cm³/mol. The molecule has 0 aliphatic heterocycles. The van der Waals surface area contributed by atoms with Gasteiger partial charge in [0.25, 0.3) is 0 Å². The first-order valence-electron chi connectivity index (χ1n) is 6.20. The van der Waals surface area contributed by atoms with Crippen molar-refractivity contribution in [3.05, 3.63) is 35.6 Å². The minimum absolute atomic E-state index is 0.168. The third-order valence-electron chi connectivity index (χ3n) is 2.46. The molecule has 0 aliphatic carbocycles. The van der Waals surface area contributed by atoms with Gasteiger partial charge in [-0.05, 0) is 35.9 Å². The van der Waals surface area contributed by atoms with Crippen LogP contribution < -0.4 is 5.32 Å². The summed E-state index contributed by atoms with van der Waals surface area (Å²) in [5, 5.41) is 3.45. The van der Waals surface area contributed by atoms with Crippen molar-refractivity contribution in [2.75, 3.05) is 18.1 Å². The number of nitrogens with one attached hydrogen (secondary N) is 1. The SMILES string of the molecule is CCNC(CSCC(C)C)c1ccc(F)cc1. The lowest BCUT2D eigenvalue weighted by Gasteiger charge is -2.18. The molecule has 1 aromatic rings. The summed E-state index contributed by atoms with van der Waals surface area (Å²) in [6.07, 6.45) is 0. The van der Waals surface area contributed by atoms with Crippen molar-refractivity contribution in [3.63, 3.8) is 0 Å². The Morgan fingerprint density at radius 2 is 1.82 bits per heavy atom. The van der Waals surface area contributed by atoms with E-state index >= 15 is 0 Å². The molecule has 1 N–H and O–H groups in total. The summed E-state index contributed by atoms with van der Waals surface area (Å²) in [6, 6.07) is 7.14. The molecular weight excluding hydrogens is 233 g/mol. The molecule has 0 heterocycles. The molecular formula is C14H22FNS. The monoisotopic (exact) mass is 255 g/mol. The van der Waals surface area contributed by atoms with Gasteiger partial charge in [0.15, 0.2) is 0 Å². The number of halogens is 1. The van der Waals surface area contributed by atoms with E-state index in [-0.39, 0.29) is 5.82 Å². The molecule has 0 amide bonds. The van der Waals surface area contributed by atoms with E-state index in [0.29, 0.717) is 6.04 Å². The second-order valence-electron chi connectivity index (χ2n) is 4.59. The fourth-order valence-electron chi connectivity index (χ4n) is 1.64. The number of hydrogen-bond acceptors (Lipinski definition) is 2. The molecule has 1 aromatic carbocycles. The number of hydrogen-bond donors (Lipinski definition) is 1. The highest BCUT2D eigenvalue weighted by atomic mass is 32.2. The van der Waals surface area contributed by atoms with E-state index in [4.69, 9.17) is 0 Å². The highest BCUT2D eigenvalue weighted by molar-refractivity contribution is 7.99. The van der Waals surface area contributed by atoms with Crippen LogP contribution in [0.4, 0.5) is 4.39 Å². The normalized spacial score (nSPS) is 13.0. The lowest BCUT2D eigenvalue weighted by molar-refractivity contribution is 0.597. The van der Waals surface area contributed by atoms with Crippen LogP contribution >= 0.6 is 11.8 Å². The van der Waals surface area contributed by atoms with E-state index in [1.165, 1.54) is 23.4 Å². The molecule has 1 atom stereocenters. The van der Waals surface area contributed by atoms with Gasteiger partial charge in [0.2, 0.25) is 0 Å². The zero-order chi connectivity index (χ0) is 12.7. The van der Waals surface area contributed by atoms with Gasteiger partial charge in [0.1, 0.15) is 5.82 Å². The summed E-state index contributed by atoms with van der Waals surface area (Å²) in [7, 11) is 0. The van der Waals surface area contributed by atoms with Gasteiger partial charge in [-0.2, -0.15) is 11.8 Å². The van der Waals surface area contributed by atoms with E-state index in [0.717, 1.165) is 18.2 Å². The Kier molecular flexibility index (Phi) is 6.60. The molecule has 0 saturated heterocycles. The van der Waals surface area contributed by atoms with Crippen molar-refractivity contribution in [2.24, 2.45) is 5.92 Å². The van der Waals surface area contributed by atoms with Gasteiger partial charge in [0, 0.05) is 11.8 Å². The average molecular weight is 255 g/mol. The van der Waals surface area contributed by atoms with Crippen molar-refractivity contribution < 1.29 is 4.39 Å². The fourth-order valence-corrected chi connectivity index (χ4v) is 2.79. The Labute approximate surface area is 108 Å². The lowest BCUT2D eigenvalue weighted by Crippen LogP contribution is -2.23. The van der Waals surface area contributed by atoms with Gasteiger partial charge >= 0.3 is 0 Å². The van der Waals surface area contributed by atoms with E-state index < -0.39 is 0 Å². The van der Waals surface area contributed by atoms with Crippen molar-refractivity contribution >= 4 is 11.8 Å². The van der Waals surface area contributed by atoms with Gasteiger partial charge in [-0.3, -0.25) is 0 Å². The second-order valence-corrected chi connectivity index (χ2v) is 5.67. The van der Waals surface area contributed by atoms with Crippen LogP contribution in [0, 0.1) is 11.7 Å². The Bertz CT molecular complexity index is 311. The van der Waals surface area contributed by atoms with Gasteiger partial charge in [-0.15, -0.1) is 0 Å². The molecule has 0 aromatic heterocycles. The van der Waals surface area contributed by atoms with E-state index in [2.05, 4.69) is 26.1 Å². The standard InChI is InChI=1S/C14H22FNS/c1-4-16-14(10-17-9-11(2)3)12-5-7-13(15)8-6-12/h5-8,11,14,16H,4,9-10H2,1-3H3. The zero-order valence-electron chi connectivity index (χ0n) is 10.9. The number of benzene rings is 1. The molecule has 0 radical (unpaired) electrons. The molecule has 1 unspecified atom stereocenters. The maximum atomic E-state index is 12.9. The number of rotatable bonds is 7. The molecule has 0 saturated carbocycles. The van der Waals surface area contributed by atoms with Gasteiger partial charge in [0.05, 0.1) is 0 Å². The summed E-state index contributed by atoms with van der Waals surface area (Å²) in [6.45, 7) is 7.49. The minimum atomic E-state index is -0.168. The Morgan fingerprint density at radius 3 is 2.35 bits per heavy atom. The maximum absolute atomic E-state index is 12.9. The van der Waals surface area contributed by atoms with Crippen LogP contribution in [0.5, 0.6) is 0 Å². The summed E-state index contributed by atoms with van der Waals surface area (Å²) < 4.78 is 12.9. The van der Waals surface area contributed by atoms with E-state index in [1.54, 1.807) is 0 Å². The maximum Gasteiger partial charge on any atom is 0.123 e.